The lowest BCUT2D eigenvalue weighted by molar-refractivity contribution is -0.159. The Balaban J connectivity index is 0.000000852. The fourth-order valence-electron chi connectivity index (χ4n) is 2.81. The van der Waals surface area contributed by atoms with Crippen LogP contribution >= 0.6 is 0 Å². The minimum atomic E-state index is -3.84. The van der Waals surface area contributed by atoms with E-state index in [0.29, 0.717) is 31.9 Å². The summed E-state index contributed by atoms with van der Waals surface area (Å²) >= 11 is 0. The van der Waals surface area contributed by atoms with Crippen molar-refractivity contribution in [2.75, 3.05) is 26.9 Å². The van der Waals surface area contributed by atoms with E-state index in [9.17, 15) is 8.42 Å². The van der Waals surface area contributed by atoms with Crippen molar-refractivity contribution in [3.63, 3.8) is 0 Å². The Kier molecular flexibility index (Phi) is 11.8. The van der Waals surface area contributed by atoms with E-state index in [-0.39, 0.29) is 16.7 Å². The van der Waals surface area contributed by atoms with Crippen LogP contribution in [0.4, 0.5) is 0 Å². The number of primary sulfonamides is 1. The van der Waals surface area contributed by atoms with Crippen LogP contribution in [0.1, 0.15) is 19.4 Å². The number of carboxylic acid groups (broad SMARTS) is 2. The van der Waals surface area contributed by atoms with Crippen molar-refractivity contribution in [3.05, 3.63) is 48.0 Å². The first-order valence-corrected chi connectivity index (χ1v) is 11.8. The minimum absolute atomic E-state index is 0.00411. The molecule has 0 aliphatic carbocycles. The molecule has 0 aromatic heterocycles. The van der Waals surface area contributed by atoms with E-state index in [2.05, 4.69) is 5.32 Å². The van der Waals surface area contributed by atoms with E-state index < -0.39 is 22.0 Å². The number of hydrogen-bond acceptors (Lipinski definition) is 8. The molecule has 0 spiro atoms. The molecule has 0 heterocycles. The molecule has 11 nitrogen and oxygen atoms in total. The van der Waals surface area contributed by atoms with Gasteiger partial charge in [0.2, 0.25) is 10.0 Å². The number of ether oxygens (including phenoxy) is 3. The molecule has 2 rings (SSSR count). The normalized spacial score (nSPS) is 11.5. The maximum Gasteiger partial charge on any atom is 0.414 e. The molecule has 188 valence electrons. The van der Waals surface area contributed by atoms with Crippen molar-refractivity contribution >= 4 is 22.0 Å². The average Bonchev–Trinajstić information content (AvgIpc) is 2.77. The lowest BCUT2D eigenvalue weighted by atomic mass is 10.1. The van der Waals surface area contributed by atoms with Crippen molar-refractivity contribution in [1.82, 2.24) is 5.32 Å². The van der Waals surface area contributed by atoms with Crippen LogP contribution in [0.25, 0.3) is 0 Å². The molecule has 0 saturated heterocycles. The molecule has 2 aromatic rings. The smallest absolute Gasteiger partial charge is 0.414 e. The molecule has 0 aliphatic heterocycles. The molecule has 2 aromatic carbocycles. The average molecular weight is 499 g/mol. The van der Waals surface area contributed by atoms with Crippen LogP contribution < -0.4 is 24.7 Å². The summed E-state index contributed by atoms with van der Waals surface area (Å²) in [6.45, 7) is 5.66. The number of hydrogen-bond donors (Lipinski definition) is 4. The Morgan fingerprint density at radius 2 is 1.62 bits per heavy atom. The summed E-state index contributed by atoms with van der Waals surface area (Å²) in [5, 5.41) is 23.4. The van der Waals surface area contributed by atoms with Crippen molar-refractivity contribution in [1.29, 1.82) is 0 Å². The van der Waals surface area contributed by atoms with Crippen LogP contribution in [0.15, 0.2) is 47.4 Å². The third kappa shape index (κ3) is 10.1. The number of carboxylic acids is 2. The fourth-order valence-corrected chi connectivity index (χ4v) is 3.55. The van der Waals surface area contributed by atoms with Gasteiger partial charge in [0.25, 0.3) is 0 Å². The highest BCUT2D eigenvalue weighted by Gasteiger charge is 2.16. The molecule has 0 fully saturated rings. The van der Waals surface area contributed by atoms with Crippen LogP contribution in [0.3, 0.4) is 0 Å². The van der Waals surface area contributed by atoms with Gasteiger partial charge < -0.3 is 29.7 Å². The zero-order valence-corrected chi connectivity index (χ0v) is 20.0. The predicted octanol–water partition coefficient (Wildman–Crippen LogP) is 1.50. The summed E-state index contributed by atoms with van der Waals surface area (Å²) in [5.74, 6) is -1.96. The van der Waals surface area contributed by atoms with Crippen molar-refractivity contribution < 1.29 is 42.4 Å². The summed E-state index contributed by atoms with van der Waals surface area (Å²) < 4.78 is 39.9. The van der Waals surface area contributed by atoms with Gasteiger partial charge in [-0.15, -0.1) is 0 Å². The lowest BCUT2D eigenvalue weighted by Crippen LogP contribution is -2.32. The van der Waals surface area contributed by atoms with Crippen molar-refractivity contribution in [2.24, 2.45) is 5.14 Å². The molecule has 0 aliphatic rings. The van der Waals surface area contributed by atoms with Crippen LogP contribution in [0.2, 0.25) is 0 Å². The van der Waals surface area contributed by atoms with E-state index in [4.69, 9.17) is 39.2 Å². The Labute approximate surface area is 198 Å². The van der Waals surface area contributed by atoms with E-state index in [1.54, 1.807) is 12.1 Å². The number of benzene rings is 2. The molecular weight excluding hydrogens is 468 g/mol. The summed E-state index contributed by atoms with van der Waals surface area (Å²) in [4.78, 5) is 18.2. The number of sulfonamides is 1. The Morgan fingerprint density at radius 1 is 1.03 bits per heavy atom. The van der Waals surface area contributed by atoms with Crippen molar-refractivity contribution in [3.8, 4) is 17.2 Å². The molecule has 34 heavy (non-hydrogen) atoms. The van der Waals surface area contributed by atoms with Gasteiger partial charge in [0, 0.05) is 12.6 Å². The first-order valence-electron chi connectivity index (χ1n) is 10.2. The molecule has 0 amide bonds. The van der Waals surface area contributed by atoms with Gasteiger partial charge in [-0.3, -0.25) is 0 Å². The predicted molar refractivity (Wildman–Crippen MR) is 124 cm³/mol. The second-order valence-electron chi connectivity index (χ2n) is 6.93. The largest absolute Gasteiger partial charge is 0.495 e. The molecule has 1 unspecified atom stereocenters. The summed E-state index contributed by atoms with van der Waals surface area (Å²) in [5.41, 5.74) is 0.854. The van der Waals surface area contributed by atoms with Gasteiger partial charge in [-0.05, 0) is 50.1 Å². The molecule has 0 radical (unpaired) electrons. The quantitative estimate of drug-likeness (QED) is 0.262. The van der Waals surface area contributed by atoms with Gasteiger partial charge in [-0.1, -0.05) is 18.2 Å². The molecule has 5 N–H and O–H groups in total. The zero-order chi connectivity index (χ0) is 25.7. The first kappa shape index (κ1) is 28.7. The zero-order valence-electron chi connectivity index (χ0n) is 19.2. The number of para-hydroxylation sites is 2. The van der Waals surface area contributed by atoms with E-state index in [1.165, 1.54) is 7.11 Å². The molecule has 1 atom stereocenters. The maximum atomic E-state index is 11.7. The number of nitrogens with two attached hydrogens (primary N) is 1. The lowest BCUT2D eigenvalue weighted by Gasteiger charge is -2.16. The highest BCUT2D eigenvalue weighted by atomic mass is 32.2. The maximum absolute atomic E-state index is 11.7. The standard InChI is InChI=1S/C20H28N2O5S.C2H2O4/c1-4-26-17-7-5-6-8-18(17)27-12-11-22-15(2)13-16-9-10-19(25-3)20(14-16)28(21,23)24;3-1(4)2(5)6/h5-10,14-15,22H,4,11-13H2,1-3H3,(H2,21,23,24);(H,3,4)(H,5,6). The monoisotopic (exact) mass is 498 g/mol. The third-order valence-electron chi connectivity index (χ3n) is 4.26. The summed E-state index contributed by atoms with van der Waals surface area (Å²) in [6.07, 6.45) is 0.641. The van der Waals surface area contributed by atoms with Crippen LogP contribution in [0.5, 0.6) is 17.2 Å². The van der Waals surface area contributed by atoms with E-state index in [0.717, 1.165) is 11.3 Å². The molecule has 0 bridgehead atoms. The Hall–Kier alpha value is -3.35. The van der Waals surface area contributed by atoms with Gasteiger partial charge in [-0.25, -0.2) is 23.1 Å². The molecular formula is C22H30N2O9S. The second-order valence-corrected chi connectivity index (χ2v) is 8.46. The first-order chi connectivity index (χ1) is 16.0. The van der Waals surface area contributed by atoms with Gasteiger partial charge in [0.15, 0.2) is 11.5 Å². The third-order valence-corrected chi connectivity index (χ3v) is 5.19. The molecule has 12 heteroatoms. The van der Waals surface area contributed by atoms with E-state index in [1.807, 2.05) is 44.2 Å². The SMILES string of the molecule is CCOc1ccccc1OCCNC(C)Cc1ccc(OC)c(S(N)(=O)=O)c1.O=C(O)C(=O)O. The van der Waals surface area contributed by atoms with Crippen LogP contribution in [-0.4, -0.2) is 63.5 Å². The highest BCUT2D eigenvalue weighted by Crippen LogP contribution is 2.26. The number of methoxy groups -OCH3 is 1. The minimum Gasteiger partial charge on any atom is -0.495 e. The summed E-state index contributed by atoms with van der Waals surface area (Å²) in [6, 6.07) is 12.7. The number of nitrogens with one attached hydrogen (secondary N) is 1. The Bertz CT molecular complexity index is 1050. The highest BCUT2D eigenvalue weighted by molar-refractivity contribution is 7.89. The van der Waals surface area contributed by atoms with Gasteiger partial charge in [0.05, 0.1) is 13.7 Å². The van der Waals surface area contributed by atoms with Crippen molar-refractivity contribution in [2.45, 2.75) is 31.2 Å². The summed E-state index contributed by atoms with van der Waals surface area (Å²) in [7, 11) is -2.43. The number of aliphatic carboxylic acids is 2. The van der Waals surface area contributed by atoms with E-state index >= 15 is 0 Å². The van der Waals surface area contributed by atoms with Gasteiger partial charge in [-0.2, -0.15) is 0 Å². The van der Waals surface area contributed by atoms with Crippen LogP contribution in [-0.2, 0) is 26.0 Å². The number of carbonyl (C=O) groups is 2. The van der Waals surface area contributed by atoms with Gasteiger partial charge in [0.1, 0.15) is 17.3 Å². The fraction of sp³-hybridized carbons (Fsp3) is 0.364. The van der Waals surface area contributed by atoms with Gasteiger partial charge >= 0.3 is 11.9 Å². The number of rotatable bonds is 11. The Morgan fingerprint density at radius 3 is 2.12 bits per heavy atom. The topological polar surface area (TPSA) is 174 Å². The van der Waals surface area contributed by atoms with Crippen LogP contribution in [0, 0.1) is 0 Å². The second kappa shape index (κ2) is 14.0. The molecule has 0 saturated carbocycles.